The monoisotopic (exact) mass is 294 g/mol. The molecule has 0 saturated heterocycles. The van der Waals surface area contributed by atoms with Gasteiger partial charge in [-0.2, -0.15) is 0 Å². The number of rotatable bonds is 8. The van der Waals surface area contributed by atoms with E-state index in [4.69, 9.17) is 9.47 Å². The Hall–Kier alpha value is -2.24. The van der Waals surface area contributed by atoms with E-state index in [-0.39, 0.29) is 18.4 Å². The summed E-state index contributed by atoms with van der Waals surface area (Å²) >= 11 is 0. The summed E-state index contributed by atoms with van der Waals surface area (Å²) in [6.45, 7) is 1.95. The van der Waals surface area contributed by atoms with Gasteiger partial charge in [0.1, 0.15) is 11.5 Å². The van der Waals surface area contributed by atoms with Crippen LogP contribution >= 0.6 is 0 Å². The second-order valence-corrected chi connectivity index (χ2v) is 4.49. The Morgan fingerprint density at radius 3 is 2.52 bits per heavy atom. The van der Waals surface area contributed by atoms with Gasteiger partial charge in [-0.15, -0.1) is 0 Å². The van der Waals surface area contributed by atoms with Crippen LogP contribution in [0.4, 0.5) is 5.69 Å². The summed E-state index contributed by atoms with van der Waals surface area (Å²) in [6.07, 6.45) is 2.21. The number of hydrogen-bond acceptors (Lipinski definition) is 4. The van der Waals surface area contributed by atoms with Gasteiger partial charge in [-0.05, 0) is 18.6 Å². The molecule has 2 N–H and O–H groups in total. The predicted molar refractivity (Wildman–Crippen MR) is 80.7 cm³/mol. The maximum Gasteiger partial charge on any atom is 0.243 e. The molecule has 0 bridgehead atoms. The van der Waals surface area contributed by atoms with Crippen LogP contribution in [0, 0.1) is 0 Å². The first-order chi connectivity index (χ1) is 10.1. The quantitative estimate of drug-likeness (QED) is 0.768. The third-order valence-electron chi connectivity index (χ3n) is 2.89. The topological polar surface area (TPSA) is 76.7 Å². The summed E-state index contributed by atoms with van der Waals surface area (Å²) in [6, 6.07) is 5.09. The van der Waals surface area contributed by atoms with Crippen molar-refractivity contribution in [2.45, 2.75) is 26.2 Å². The van der Waals surface area contributed by atoms with Crippen molar-refractivity contribution in [2.75, 3.05) is 26.1 Å². The lowest BCUT2D eigenvalue weighted by molar-refractivity contribution is -0.124. The lowest BCUT2D eigenvalue weighted by Gasteiger charge is -2.12. The summed E-state index contributed by atoms with van der Waals surface area (Å²) in [4.78, 5) is 23.2. The second kappa shape index (κ2) is 8.84. The molecule has 0 spiro atoms. The largest absolute Gasteiger partial charge is 0.497 e. The molecule has 1 aromatic carbocycles. The first-order valence-corrected chi connectivity index (χ1v) is 6.89. The van der Waals surface area contributed by atoms with Gasteiger partial charge in [0, 0.05) is 12.5 Å². The number of benzene rings is 1. The molecule has 0 radical (unpaired) electrons. The highest BCUT2D eigenvalue weighted by molar-refractivity contribution is 5.95. The van der Waals surface area contributed by atoms with Gasteiger partial charge in [0.2, 0.25) is 11.8 Å². The number of anilines is 1. The molecule has 21 heavy (non-hydrogen) atoms. The smallest absolute Gasteiger partial charge is 0.243 e. The number of unbranched alkanes of at least 4 members (excludes halogenated alkanes) is 1. The highest BCUT2D eigenvalue weighted by Gasteiger charge is 2.10. The molecule has 0 atom stereocenters. The molecule has 6 nitrogen and oxygen atoms in total. The number of ether oxygens (including phenoxy) is 2. The normalized spacial score (nSPS) is 9.86. The summed E-state index contributed by atoms with van der Waals surface area (Å²) in [5.41, 5.74) is 0.533. The number of hydrogen-bond donors (Lipinski definition) is 2. The average molecular weight is 294 g/mol. The van der Waals surface area contributed by atoms with Gasteiger partial charge in [0.25, 0.3) is 0 Å². The van der Waals surface area contributed by atoms with E-state index in [2.05, 4.69) is 10.6 Å². The van der Waals surface area contributed by atoms with Crippen molar-refractivity contribution in [3.05, 3.63) is 18.2 Å². The molecule has 2 amide bonds. The van der Waals surface area contributed by atoms with E-state index in [1.54, 1.807) is 25.3 Å². The summed E-state index contributed by atoms with van der Waals surface area (Å²) < 4.78 is 10.3. The van der Waals surface area contributed by atoms with Crippen LogP contribution in [0.25, 0.3) is 0 Å². The maximum atomic E-state index is 11.8. The van der Waals surface area contributed by atoms with E-state index in [9.17, 15) is 9.59 Å². The van der Waals surface area contributed by atoms with Crippen LogP contribution in [0.3, 0.4) is 0 Å². The molecular formula is C15H22N2O4. The highest BCUT2D eigenvalue weighted by Crippen LogP contribution is 2.28. The van der Waals surface area contributed by atoms with Crippen LogP contribution in [0.2, 0.25) is 0 Å². The van der Waals surface area contributed by atoms with Crippen LogP contribution in [0.5, 0.6) is 11.5 Å². The third kappa shape index (κ3) is 5.72. The fraction of sp³-hybridized carbons (Fsp3) is 0.467. The average Bonchev–Trinajstić information content (AvgIpc) is 2.51. The number of amides is 2. The van der Waals surface area contributed by atoms with Crippen LogP contribution < -0.4 is 20.1 Å². The van der Waals surface area contributed by atoms with E-state index in [0.717, 1.165) is 12.8 Å². The molecule has 116 valence electrons. The van der Waals surface area contributed by atoms with E-state index in [1.807, 2.05) is 6.92 Å². The van der Waals surface area contributed by atoms with Gasteiger partial charge in [-0.1, -0.05) is 13.3 Å². The van der Waals surface area contributed by atoms with Crippen LogP contribution in [-0.4, -0.2) is 32.6 Å². The van der Waals surface area contributed by atoms with Crippen molar-refractivity contribution in [2.24, 2.45) is 0 Å². The van der Waals surface area contributed by atoms with Gasteiger partial charge in [0.05, 0.1) is 26.5 Å². The van der Waals surface area contributed by atoms with E-state index < -0.39 is 0 Å². The maximum absolute atomic E-state index is 11.8. The number of nitrogens with one attached hydrogen (secondary N) is 2. The van der Waals surface area contributed by atoms with Crippen molar-refractivity contribution in [1.29, 1.82) is 0 Å². The molecule has 1 aromatic rings. The van der Waals surface area contributed by atoms with E-state index in [0.29, 0.717) is 23.6 Å². The Morgan fingerprint density at radius 1 is 1.14 bits per heavy atom. The predicted octanol–water partition coefficient (Wildman–Crippen LogP) is 1.95. The Kier molecular flexibility index (Phi) is 7.08. The second-order valence-electron chi connectivity index (χ2n) is 4.49. The fourth-order valence-electron chi connectivity index (χ4n) is 1.70. The third-order valence-corrected chi connectivity index (χ3v) is 2.89. The molecule has 1 rings (SSSR count). The fourth-order valence-corrected chi connectivity index (χ4v) is 1.70. The van der Waals surface area contributed by atoms with Crippen molar-refractivity contribution in [3.63, 3.8) is 0 Å². The molecular weight excluding hydrogens is 272 g/mol. The molecule has 0 aliphatic rings. The molecule has 6 heteroatoms. The molecule has 0 aliphatic carbocycles. The van der Waals surface area contributed by atoms with Crippen molar-refractivity contribution in [1.82, 2.24) is 5.32 Å². The van der Waals surface area contributed by atoms with Crippen LogP contribution in [0.15, 0.2) is 18.2 Å². The Bertz CT molecular complexity index is 489. The van der Waals surface area contributed by atoms with Crippen molar-refractivity contribution in [3.8, 4) is 11.5 Å². The minimum absolute atomic E-state index is 0.0578. The van der Waals surface area contributed by atoms with E-state index >= 15 is 0 Å². The van der Waals surface area contributed by atoms with Gasteiger partial charge in [0.15, 0.2) is 0 Å². The first kappa shape index (κ1) is 16.8. The lowest BCUT2D eigenvalue weighted by atomic mass is 10.2. The Labute approximate surface area is 124 Å². The van der Waals surface area contributed by atoms with Gasteiger partial charge >= 0.3 is 0 Å². The minimum Gasteiger partial charge on any atom is -0.497 e. The number of carbonyl (C=O) groups excluding carboxylic acids is 2. The number of methoxy groups -OCH3 is 2. The Balaban J connectivity index is 2.53. The van der Waals surface area contributed by atoms with Crippen molar-refractivity contribution < 1.29 is 19.1 Å². The minimum atomic E-state index is -0.302. The summed E-state index contributed by atoms with van der Waals surface area (Å²) in [7, 11) is 3.07. The zero-order valence-electron chi connectivity index (χ0n) is 12.7. The SMILES string of the molecule is CCCCC(=O)NCC(=O)Nc1ccc(OC)cc1OC. The Morgan fingerprint density at radius 2 is 1.90 bits per heavy atom. The first-order valence-electron chi connectivity index (χ1n) is 6.89. The van der Waals surface area contributed by atoms with Crippen molar-refractivity contribution >= 4 is 17.5 Å². The van der Waals surface area contributed by atoms with Crippen LogP contribution in [-0.2, 0) is 9.59 Å². The molecule has 0 unspecified atom stereocenters. The molecule has 0 fully saturated rings. The lowest BCUT2D eigenvalue weighted by Crippen LogP contribution is -2.32. The zero-order chi connectivity index (χ0) is 15.7. The summed E-state index contributed by atoms with van der Waals surface area (Å²) in [5, 5.41) is 5.27. The van der Waals surface area contributed by atoms with Gasteiger partial charge < -0.3 is 20.1 Å². The number of carbonyl (C=O) groups is 2. The van der Waals surface area contributed by atoms with Gasteiger partial charge in [-0.3, -0.25) is 9.59 Å². The van der Waals surface area contributed by atoms with Gasteiger partial charge in [-0.25, -0.2) is 0 Å². The standard InChI is InChI=1S/C15H22N2O4/c1-4-5-6-14(18)16-10-15(19)17-12-8-7-11(20-2)9-13(12)21-3/h7-9H,4-6,10H2,1-3H3,(H,16,18)(H,17,19). The molecule has 0 aromatic heterocycles. The van der Waals surface area contributed by atoms with Crippen LogP contribution in [0.1, 0.15) is 26.2 Å². The highest BCUT2D eigenvalue weighted by atomic mass is 16.5. The zero-order valence-corrected chi connectivity index (χ0v) is 12.7. The molecule has 0 heterocycles. The van der Waals surface area contributed by atoms with E-state index in [1.165, 1.54) is 7.11 Å². The molecule has 0 saturated carbocycles. The molecule has 0 aliphatic heterocycles. The summed E-state index contributed by atoms with van der Waals surface area (Å²) in [5.74, 6) is 0.717.